The normalized spacial score (nSPS) is 21.8. The molecule has 0 saturated carbocycles. The number of halogens is 1. The second-order valence-corrected chi connectivity index (χ2v) is 4.53. The maximum Gasteiger partial charge on any atom is 0.133 e. The van der Waals surface area contributed by atoms with Gasteiger partial charge in [0, 0.05) is 12.6 Å². The van der Waals surface area contributed by atoms with E-state index in [0.717, 1.165) is 36.0 Å². The Balaban J connectivity index is 2.27. The predicted octanol–water partition coefficient (Wildman–Crippen LogP) is 1.77. The zero-order chi connectivity index (χ0) is 10.8. The number of hydrogen-bond donors (Lipinski definition) is 0. The van der Waals surface area contributed by atoms with E-state index in [1.807, 2.05) is 13.0 Å². The van der Waals surface area contributed by atoms with Gasteiger partial charge in [-0.25, -0.2) is 9.97 Å². The van der Waals surface area contributed by atoms with Gasteiger partial charge < -0.3 is 9.64 Å². The summed E-state index contributed by atoms with van der Waals surface area (Å²) in [6.07, 6.45) is 0. The lowest BCUT2D eigenvalue weighted by Crippen LogP contribution is -2.44. The summed E-state index contributed by atoms with van der Waals surface area (Å²) in [5.74, 6) is 1.77. The van der Waals surface area contributed by atoms with Crippen molar-refractivity contribution in [2.24, 2.45) is 0 Å². The van der Waals surface area contributed by atoms with Gasteiger partial charge in [0.05, 0.1) is 19.3 Å². The van der Waals surface area contributed by atoms with Crippen molar-refractivity contribution in [3.05, 3.63) is 16.5 Å². The molecule has 2 rings (SSSR count). The lowest BCUT2D eigenvalue weighted by Gasteiger charge is -2.34. The molecule has 1 aromatic heterocycles. The molecule has 0 bridgehead atoms. The molecule has 1 saturated heterocycles. The first-order valence-electron chi connectivity index (χ1n) is 5.02. The highest BCUT2D eigenvalue weighted by atomic mass is 79.9. The first kappa shape index (κ1) is 10.8. The summed E-state index contributed by atoms with van der Waals surface area (Å²) in [7, 11) is 0. The predicted molar refractivity (Wildman–Crippen MR) is 62.1 cm³/mol. The Labute approximate surface area is 97.8 Å². The summed E-state index contributed by atoms with van der Waals surface area (Å²) in [6.45, 7) is 6.47. The van der Waals surface area contributed by atoms with Gasteiger partial charge in [0.15, 0.2) is 0 Å². The molecule has 1 unspecified atom stereocenters. The average Bonchev–Trinajstić information content (AvgIpc) is 2.16. The van der Waals surface area contributed by atoms with Crippen molar-refractivity contribution in [2.75, 3.05) is 24.7 Å². The Morgan fingerprint density at radius 3 is 3.00 bits per heavy atom. The van der Waals surface area contributed by atoms with Crippen molar-refractivity contribution in [1.29, 1.82) is 0 Å². The van der Waals surface area contributed by atoms with Gasteiger partial charge in [0.2, 0.25) is 0 Å². The van der Waals surface area contributed by atoms with Gasteiger partial charge in [-0.15, -0.1) is 0 Å². The van der Waals surface area contributed by atoms with E-state index in [1.54, 1.807) is 0 Å². The molecule has 0 amide bonds. The molecule has 1 aromatic rings. The zero-order valence-electron chi connectivity index (χ0n) is 8.90. The first-order chi connectivity index (χ1) is 7.16. The highest BCUT2D eigenvalue weighted by molar-refractivity contribution is 9.10. The van der Waals surface area contributed by atoms with Crippen LogP contribution in [0.3, 0.4) is 0 Å². The first-order valence-corrected chi connectivity index (χ1v) is 5.81. The van der Waals surface area contributed by atoms with Crippen molar-refractivity contribution in [3.8, 4) is 0 Å². The smallest absolute Gasteiger partial charge is 0.133 e. The van der Waals surface area contributed by atoms with E-state index in [1.165, 1.54) is 0 Å². The monoisotopic (exact) mass is 271 g/mol. The van der Waals surface area contributed by atoms with Crippen LogP contribution in [-0.4, -0.2) is 35.8 Å². The molecule has 5 heteroatoms. The average molecular weight is 272 g/mol. The number of hydrogen-bond acceptors (Lipinski definition) is 4. The van der Waals surface area contributed by atoms with Crippen molar-refractivity contribution in [1.82, 2.24) is 9.97 Å². The van der Waals surface area contributed by atoms with Gasteiger partial charge in [-0.1, -0.05) is 0 Å². The molecule has 15 heavy (non-hydrogen) atoms. The molecule has 0 spiro atoms. The van der Waals surface area contributed by atoms with Gasteiger partial charge in [-0.3, -0.25) is 0 Å². The molecule has 2 heterocycles. The Bertz CT molecular complexity index is 338. The van der Waals surface area contributed by atoms with Crippen LogP contribution in [0.15, 0.2) is 10.7 Å². The van der Waals surface area contributed by atoms with Crippen LogP contribution in [0, 0.1) is 6.92 Å². The van der Waals surface area contributed by atoms with Gasteiger partial charge in [0.1, 0.15) is 16.2 Å². The van der Waals surface area contributed by atoms with Gasteiger partial charge in [0.25, 0.3) is 0 Å². The summed E-state index contributed by atoms with van der Waals surface area (Å²) < 4.78 is 6.23. The van der Waals surface area contributed by atoms with Crippen LogP contribution in [-0.2, 0) is 4.74 Å². The third kappa shape index (κ3) is 2.46. The minimum absolute atomic E-state index is 0.375. The Kier molecular flexibility index (Phi) is 3.21. The fraction of sp³-hybridized carbons (Fsp3) is 0.600. The lowest BCUT2D eigenvalue weighted by atomic mass is 10.2. The van der Waals surface area contributed by atoms with E-state index in [0.29, 0.717) is 6.04 Å². The Morgan fingerprint density at radius 2 is 2.33 bits per heavy atom. The SMILES string of the molecule is Cc1nc(Br)cc(N2CCOCC2C)n1. The van der Waals surface area contributed by atoms with Crippen molar-refractivity contribution < 1.29 is 4.74 Å². The van der Waals surface area contributed by atoms with Crippen LogP contribution in [0.5, 0.6) is 0 Å². The van der Waals surface area contributed by atoms with E-state index in [9.17, 15) is 0 Å². The molecule has 1 atom stereocenters. The van der Waals surface area contributed by atoms with Crippen LogP contribution in [0.25, 0.3) is 0 Å². The maximum absolute atomic E-state index is 5.40. The number of aromatic nitrogens is 2. The standard InChI is InChI=1S/C10H14BrN3O/c1-7-6-15-4-3-14(7)10-5-9(11)12-8(2)13-10/h5,7H,3-4,6H2,1-2H3. The summed E-state index contributed by atoms with van der Waals surface area (Å²) in [5, 5.41) is 0. The van der Waals surface area contributed by atoms with Crippen molar-refractivity contribution >= 4 is 21.7 Å². The quantitative estimate of drug-likeness (QED) is 0.730. The van der Waals surface area contributed by atoms with E-state index >= 15 is 0 Å². The minimum Gasteiger partial charge on any atom is -0.377 e. The van der Waals surface area contributed by atoms with Crippen LogP contribution in [0.1, 0.15) is 12.7 Å². The number of ether oxygens (including phenoxy) is 1. The second kappa shape index (κ2) is 4.45. The summed E-state index contributed by atoms with van der Waals surface area (Å²) in [6, 6.07) is 2.33. The van der Waals surface area contributed by atoms with Crippen LogP contribution >= 0.6 is 15.9 Å². The highest BCUT2D eigenvalue weighted by Crippen LogP contribution is 2.20. The van der Waals surface area contributed by atoms with Crippen molar-refractivity contribution in [2.45, 2.75) is 19.9 Å². The number of morpholine rings is 1. The molecule has 0 N–H and O–H groups in total. The molecule has 1 fully saturated rings. The minimum atomic E-state index is 0.375. The van der Waals surface area contributed by atoms with Gasteiger partial charge in [-0.2, -0.15) is 0 Å². The number of aryl methyl sites for hydroxylation is 1. The summed E-state index contributed by atoms with van der Waals surface area (Å²) in [4.78, 5) is 10.9. The number of rotatable bonds is 1. The number of nitrogens with zero attached hydrogens (tertiary/aromatic N) is 3. The largest absolute Gasteiger partial charge is 0.377 e. The summed E-state index contributed by atoms with van der Waals surface area (Å²) in [5.41, 5.74) is 0. The molecule has 0 aliphatic carbocycles. The maximum atomic E-state index is 5.40. The van der Waals surface area contributed by atoms with Gasteiger partial charge in [-0.05, 0) is 29.8 Å². The second-order valence-electron chi connectivity index (χ2n) is 3.71. The number of anilines is 1. The Hall–Kier alpha value is -0.680. The molecule has 82 valence electrons. The highest BCUT2D eigenvalue weighted by Gasteiger charge is 2.20. The van der Waals surface area contributed by atoms with E-state index < -0.39 is 0 Å². The van der Waals surface area contributed by atoms with Crippen LogP contribution in [0.2, 0.25) is 0 Å². The van der Waals surface area contributed by atoms with Crippen LogP contribution < -0.4 is 4.90 Å². The van der Waals surface area contributed by atoms with Crippen molar-refractivity contribution in [3.63, 3.8) is 0 Å². The van der Waals surface area contributed by atoms with E-state index in [4.69, 9.17) is 4.74 Å². The lowest BCUT2D eigenvalue weighted by molar-refractivity contribution is 0.0985. The molecule has 1 aliphatic heterocycles. The third-order valence-corrected chi connectivity index (χ3v) is 2.86. The molecular weight excluding hydrogens is 258 g/mol. The van der Waals surface area contributed by atoms with E-state index in [2.05, 4.69) is 37.7 Å². The molecule has 1 aliphatic rings. The third-order valence-electron chi connectivity index (χ3n) is 2.46. The fourth-order valence-corrected chi connectivity index (χ4v) is 2.19. The topological polar surface area (TPSA) is 38.2 Å². The van der Waals surface area contributed by atoms with Gasteiger partial charge >= 0.3 is 0 Å². The molecule has 0 radical (unpaired) electrons. The molecule has 0 aromatic carbocycles. The fourth-order valence-electron chi connectivity index (χ4n) is 1.73. The Morgan fingerprint density at radius 1 is 1.53 bits per heavy atom. The molecular formula is C10H14BrN3O. The zero-order valence-corrected chi connectivity index (χ0v) is 10.5. The molecule has 4 nitrogen and oxygen atoms in total. The van der Waals surface area contributed by atoms with Crippen LogP contribution in [0.4, 0.5) is 5.82 Å². The summed E-state index contributed by atoms with van der Waals surface area (Å²) >= 11 is 3.39. The van der Waals surface area contributed by atoms with E-state index in [-0.39, 0.29) is 0 Å².